The Morgan fingerprint density at radius 3 is 2.38 bits per heavy atom. The third kappa shape index (κ3) is 10.3. The Labute approximate surface area is 252 Å². The van der Waals surface area contributed by atoms with Gasteiger partial charge in [-0.1, -0.05) is 100 Å². The van der Waals surface area contributed by atoms with Gasteiger partial charge in [0.05, 0.1) is 0 Å². The zero-order valence-electron chi connectivity index (χ0n) is 25.9. The molecular weight excluding hydrogens is 526 g/mol. The molecule has 0 heterocycles. The van der Waals surface area contributed by atoms with Gasteiger partial charge in [0.2, 0.25) is 11.8 Å². The van der Waals surface area contributed by atoms with Crippen LogP contribution in [0.25, 0.3) is 6.08 Å². The number of nitrogens with zero attached hydrogens (tertiary/aromatic N) is 1. The molecule has 228 valence electrons. The lowest BCUT2D eigenvalue weighted by Gasteiger charge is -2.36. The van der Waals surface area contributed by atoms with E-state index in [4.69, 9.17) is 4.74 Å². The van der Waals surface area contributed by atoms with Crippen molar-refractivity contribution in [3.05, 3.63) is 77.9 Å². The van der Waals surface area contributed by atoms with Crippen molar-refractivity contribution in [3.8, 4) is 0 Å². The van der Waals surface area contributed by atoms with Crippen LogP contribution >= 0.6 is 0 Å². The first-order chi connectivity index (χ1) is 20.1. The lowest BCUT2D eigenvalue weighted by Crippen LogP contribution is -2.54. The van der Waals surface area contributed by atoms with E-state index in [0.29, 0.717) is 6.54 Å². The second-order valence-electron chi connectivity index (χ2n) is 12.2. The monoisotopic (exact) mass is 575 g/mol. The molecule has 0 aromatic heterocycles. The van der Waals surface area contributed by atoms with Crippen LogP contribution in [0.2, 0.25) is 0 Å². The van der Waals surface area contributed by atoms with Crippen molar-refractivity contribution in [1.29, 1.82) is 0 Å². The first kappa shape index (κ1) is 32.9. The molecular formula is C35H49N3O4. The Morgan fingerprint density at radius 1 is 1.02 bits per heavy atom. The number of alkyl carbamates (subject to hydrolysis) is 1. The maximum atomic E-state index is 14.6. The summed E-state index contributed by atoms with van der Waals surface area (Å²) in [5, 5.41) is 6.11. The molecule has 0 saturated heterocycles. The molecule has 3 rings (SSSR count). The standard InChI is InChI=1S/C35H49N3O4/c1-6-8-15-23-38(33(40)30(25-27-17-11-9-12-18-27)37-34(41)42-35(3,4)5)31(28-20-16-19-26(7-2)24-28)32(39)36-29-21-13-10-14-22-29/h7,9,11-12,16-20,24,29-31H,2,6,8,10,13-15,21-23,25H2,1,3-5H3,(H,36,39)(H,37,41). The first-order valence-electron chi connectivity index (χ1n) is 15.5. The van der Waals surface area contributed by atoms with Gasteiger partial charge in [0.25, 0.3) is 0 Å². The van der Waals surface area contributed by atoms with Gasteiger partial charge in [-0.3, -0.25) is 9.59 Å². The highest BCUT2D eigenvalue weighted by Gasteiger charge is 2.37. The fourth-order valence-corrected chi connectivity index (χ4v) is 5.45. The molecule has 2 unspecified atom stereocenters. The van der Waals surface area contributed by atoms with E-state index in [-0.39, 0.29) is 24.3 Å². The van der Waals surface area contributed by atoms with E-state index in [0.717, 1.165) is 61.6 Å². The first-order valence-corrected chi connectivity index (χ1v) is 15.5. The number of unbranched alkanes of at least 4 members (excludes halogenated alkanes) is 2. The molecule has 1 aliphatic carbocycles. The van der Waals surface area contributed by atoms with Gasteiger partial charge < -0.3 is 20.3 Å². The Kier molecular flexibility index (Phi) is 12.6. The summed E-state index contributed by atoms with van der Waals surface area (Å²) in [6.45, 7) is 11.8. The summed E-state index contributed by atoms with van der Waals surface area (Å²) in [7, 11) is 0. The molecule has 2 aromatic rings. The number of rotatable bonds is 13. The Balaban J connectivity index is 2.03. The second-order valence-corrected chi connectivity index (χ2v) is 12.2. The number of carbonyl (C=O) groups is 3. The predicted molar refractivity (Wildman–Crippen MR) is 169 cm³/mol. The predicted octanol–water partition coefficient (Wildman–Crippen LogP) is 6.97. The zero-order valence-corrected chi connectivity index (χ0v) is 25.9. The van der Waals surface area contributed by atoms with Gasteiger partial charge in [-0.2, -0.15) is 0 Å². The highest BCUT2D eigenvalue weighted by atomic mass is 16.6. The SMILES string of the molecule is C=Cc1cccc(C(C(=O)NC2CCCCC2)N(CCCCC)C(=O)C(Cc2ccccc2)NC(=O)OC(C)(C)C)c1. The summed E-state index contributed by atoms with van der Waals surface area (Å²) in [6.07, 6.45) is 9.18. The molecule has 1 aliphatic rings. The Morgan fingerprint density at radius 2 is 1.74 bits per heavy atom. The van der Waals surface area contributed by atoms with Crippen LogP contribution in [-0.2, 0) is 20.7 Å². The maximum absolute atomic E-state index is 14.6. The summed E-state index contributed by atoms with van der Waals surface area (Å²) >= 11 is 0. The number of nitrogens with one attached hydrogen (secondary N) is 2. The van der Waals surface area contributed by atoms with Crippen molar-refractivity contribution in [1.82, 2.24) is 15.5 Å². The van der Waals surface area contributed by atoms with Crippen LogP contribution in [0.3, 0.4) is 0 Å². The van der Waals surface area contributed by atoms with Crippen molar-refractivity contribution in [2.75, 3.05) is 6.54 Å². The van der Waals surface area contributed by atoms with Crippen molar-refractivity contribution < 1.29 is 19.1 Å². The van der Waals surface area contributed by atoms with Gasteiger partial charge in [0, 0.05) is 19.0 Å². The third-order valence-electron chi connectivity index (χ3n) is 7.53. The minimum Gasteiger partial charge on any atom is -0.444 e. The Hall–Kier alpha value is -3.61. The molecule has 0 spiro atoms. The van der Waals surface area contributed by atoms with E-state index in [2.05, 4.69) is 24.1 Å². The quantitative estimate of drug-likeness (QED) is 0.252. The van der Waals surface area contributed by atoms with Crippen molar-refractivity contribution >= 4 is 24.0 Å². The average Bonchev–Trinajstić information content (AvgIpc) is 2.96. The van der Waals surface area contributed by atoms with E-state index in [1.165, 1.54) is 6.42 Å². The summed E-state index contributed by atoms with van der Waals surface area (Å²) in [4.78, 5) is 43.3. The number of carbonyl (C=O) groups excluding carboxylic acids is 3. The molecule has 3 amide bonds. The molecule has 7 nitrogen and oxygen atoms in total. The van der Waals surface area contributed by atoms with E-state index in [9.17, 15) is 14.4 Å². The molecule has 0 bridgehead atoms. The summed E-state index contributed by atoms with van der Waals surface area (Å²) in [5.41, 5.74) is 1.77. The van der Waals surface area contributed by atoms with Crippen LogP contribution < -0.4 is 10.6 Å². The van der Waals surface area contributed by atoms with E-state index < -0.39 is 23.8 Å². The maximum Gasteiger partial charge on any atom is 0.408 e. The molecule has 1 saturated carbocycles. The minimum atomic E-state index is -0.920. The van der Waals surface area contributed by atoms with Crippen LogP contribution in [0.5, 0.6) is 0 Å². The van der Waals surface area contributed by atoms with Crippen LogP contribution in [0.15, 0.2) is 61.2 Å². The average molecular weight is 576 g/mol. The Bertz CT molecular complexity index is 1170. The molecule has 7 heteroatoms. The van der Waals surface area contributed by atoms with Gasteiger partial charge in [-0.25, -0.2) is 4.79 Å². The van der Waals surface area contributed by atoms with Gasteiger partial charge in [-0.05, 0) is 62.8 Å². The fourth-order valence-electron chi connectivity index (χ4n) is 5.45. The van der Waals surface area contributed by atoms with Crippen LogP contribution in [0, 0.1) is 0 Å². The number of amides is 3. The van der Waals surface area contributed by atoms with Crippen molar-refractivity contribution in [2.45, 2.75) is 109 Å². The van der Waals surface area contributed by atoms with Gasteiger partial charge in [0.1, 0.15) is 17.7 Å². The van der Waals surface area contributed by atoms with Crippen molar-refractivity contribution in [2.24, 2.45) is 0 Å². The molecule has 2 atom stereocenters. The van der Waals surface area contributed by atoms with Crippen molar-refractivity contribution in [3.63, 3.8) is 0 Å². The normalized spacial score (nSPS) is 15.2. The fraction of sp³-hybridized carbons (Fsp3) is 0.514. The topological polar surface area (TPSA) is 87.7 Å². The second kappa shape index (κ2) is 16.1. The van der Waals surface area contributed by atoms with Gasteiger partial charge >= 0.3 is 6.09 Å². The van der Waals surface area contributed by atoms with E-state index >= 15 is 0 Å². The largest absolute Gasteiger partial charge is 0.444 e. The molecule has 0 radical (unpaired) electrons. The number of hydrogen-bond donors (Lipinski definition) is 2. The lowest BCUT2D eigenvalue weighted by molar-refractivity contribution is -0.143. The van der Waals surface area contributed by atoms with Gasteiger partial charge in [0.15, 0.2) is 0 Å². The van der Waals surface area contributed by atoms with Crippen LogP contribution in [-0.4, -0.2) is 47.0 Å². The number of ether oxygens (including phenoxy) is 1. The number of benzene rings is 2. The summed E-state index contributed by atoms with van der Waals surface area (Å²) in [5.74, 6) is -0.502. The highest BCUT2D eigenvalue weighted by Crippen LogP contribution is 2.27. The van der Waals surface area contributed by atoms with Crippen LogP contribution in [0.4, 0.5) is 4.79 Å². The molecule has 2 aromatic carbocycles. The number of hydrogen-bond acceptors (Lipinski definition) is 4. The third-order valence-corrected chi connectivity index (χ3v) is 7.53. The van der Waals surface area contributed by atoms with Gasteiger partial charge in [-0.15, -0.1) is 0 Å². The molecule has 42 heavy (non-hydrogen) atoms. The van der Waals surface area contributed by atoms with E-state index in [1.54, 1.807) is 31.7 Å². The van der Waals surface area contributed by atoms with E-state index in [1.807, 2.05) is 54.6 Å². The summed E-state index contributed by atoms with van der Waals surface area (Å²) in [6, 6.07) is 15.5. The highest BCUT2D eigenvalue weighted by molar-refractivity contribution is 5.92. The molecule has 0 aliphatic heterocycles. The minimum absolute atomic E-state index is 0.0870. The summed E-state index contributed by atoms with van der Waals surface area (Å²) < 4.78 is 5.55. The molecule has 2 N–H and O–H groups in total. The molecule has 1 fully saturated rings. The zero-order chi connectivity index (χ0) is 30.5. The lowest BCUT2D eigenvalue weighted by atomic mass is 9.94. The van der Waals surface area contributed by atoms with Crippen LogP contribution in [0.1, 0.15) is 102 Å². The smallest absolute Gasteiger partial charge is 0.408 e.